The predicted molar refractivity (Wildman–Crippen MR) is 88.6 cm³/mol. The molecule has 0 aliphatic carbocycles. The van der Waals surface area contributed by atoms with Gasteiger partial charge in [0.1, 0.15) is 0 Å². The summed E-state index contributed by atoms with van der Waals surface area (Å²) in [7, 11) is 0. The average molecular weight is 310 g/mol. The van der Waals surface area contributed by atoms with Crippen molar-refractivity contribution in [1.29, 1.82) is 0 Å². The third-order valence-corrected chi connectivity index (χ3v) is 4.14. The SMILES string of the molecule is CC1CCCN(CCCC(=O)Nc2ccc(Cl)cc2N)C1. The van der Waals surface area contributed by atoms with Crippen molar-refractivity contribution in [2.24, 2.45) is 5.92 Å². The lowest BCUT2D eigenvalue weighted by Crippen LogP contribution is -2.35. The summed E-state index contributed by atoms with van der Waals surface area (Å²) in [5.74, 6) is 0.788. The van der Waals surface area contributed by atoms with E-state index in [0.29, 0.717) is 22.8 Å². The van der Waals surface area contributed by atoms with Gasteiger partial charge in [-0.15, -0.1) is 0 Å². The monoisotopic (exact) mass is 309 g/mol. The summed E-state index contributed by atoms with van der Waals surface area (Å²) in [5.41, 5.74) is 6.96. The second kappa shape index (κ2) is 7.66. The number of rotatable bonds is 5. The minimum Gasteiger partial charge on any atom is -0.397 e. The van der Waals surface area contributed by atoms with E-state index >= 15 is 0 Å². The Labute approximate surface area is 131 Å². The van der Waals surface area contributed by atoms with Gasteiger partial charge in [-0.3, -0.25) is 4.79 Å². The molecule has 4 nitrogen and oxygen atoms in total. The van der Waals surface area contributed by atoms with E-state index in [4.69, 9.17) is 17.3 Å². The highest BCUT2D eigenvalue weighted by Crippen LogP contribution is 2.23. The number of carbonyl (C=O) groups is 1. The largest absolute Gasteiger partial charge is 0.397 e. The van der Waals surface area contributed by atoms with Gasteiger partial charge < -0.3 is 16.0 Å². The Kier molecular flexibility index (Phi) is 5.88. The van der Waals surface area contributed by atoms with Crippen molar-refractivity contribution < 1.29 is 4.79 Å². The van der Waals surface area contributed by atoms with Gasteiger partial charge in [-0.1, -0.05) is 18.5 Å². The molecule has 116 valence electrons. The number of hydrogen-bond acceptors (Lipinski definition) is 3. The van der Waals surface area contributed by atoms with Gasteiger partial charge in [-0.25, -0.2) is 0 Å². The lowest BCUT2D eigenvalue weighted by molar-refractivity contribution is -0.116. The Bertz CT molecular complexity index is 492. The fraction of sp³-hybridized carbons (Fsp3) is 0.562. The molecule has 2 rings (SSSR count). The number of halogens is 1. The van der Waals surface area contributed by atoms with Gasteiger partial charge in [0.15, 0.2) is 0 Å². The van der Waals surface area contributed by atoms with Crippen LogP contribution in [0, 0.1) is 5.92 Å². The second-order valence-corrected chi connectivity index (χ2v) is 6.37. The molecule has 1 aromatic carbocycles. The van der Waals surface area contributed by atoms with Crippen molar-refractivity contribution in [2.75, 3.05) is 30.7 Å². The molecule has 0 bridgehead atoms. The lowest BCUT2D eigenvalue weighted by atomic mass is 10.0. The normalized spacial score (nSPS) is 19.4. The topological polar surface area (TPSA) is 58.4 Å². The van der Waals surface area contributed by atoms with Crippen LogP contribution in [0.3, 0.4) is 0 Å². The number of nitrogens with zero attached hydrogens (tertiary/aromatic N) is 1. The third-order valence-electron chi connectivity index (χ3n) is 3.91. The Hall–Kier alpha value is -1.26. The van der Waals surface area contributed by atoms with E-state index in [1.165, 1.54) is 12.8 Å². The van der Waals surface area contributed by atoms with Crippen LogP contribution in [0.15, 0.2) is 18.2 Å². The first-order valence-electron chi connectivity index (χ1n) is 7.62. The van der Waals surface area contributed by atoms with Crippen LogP contribution >= 0.6 is 11.6 Å². The van der Waals surface area contributed by atoms with Crippen molar-refractivity contribution in [3.63, 3.8) is 0 Å². The van der Waals surface area contributed by atoms with Gasteiger partial charge >= 0.3 is 0 Å². The Morgan fingerprint density at radius 2 is 2.33 bits per heavy atom. The van der Waals surface area contributed by atoms with Crippen molar-refractivity contribution >= 4 is 28.9 Å². The minimum atomic E-state index is 0.00841. The molecule has 1 unspecified atom stereocenters. The maximum absolute atomic E-state index is 11.9. The first kappa shape index (κ1) is 16.1. The van der Waals surface area contributed by atoms with Crippen LogP contribution in [0.5, 0.6) is 0 Å². The van der Waals surface area contributed by atoms with Crippen LogP contribution in [0.25, 0.3) is 0 Å². The molecule has 1 aromatic rings. The lowest BCUT2D eigenvalue weighted by Gasteiger charge is -2.30. The van der Waals surface area contributed by atoms with Crippen LogP contribution < -0.4 is 11.1 Å². The highest BCUT2D eigenvalue weighted by molar-refractivity contribution is 6.31. The molecule has 0 radical (unpaired) electrons. The van der Waals surface area contributed by atoms with E-state index in [1.54, 1.807) is 18.2 Å². The maximum atomic E-state index is 11.9. The van der Waals surface area contributed by atoms with E-state index in [2.05, 4.69) is 17.1 Å². The van der Waals surface area contributed by atoms with Crippen LogP contribution in [-0.4, -0.2) is 30.4 Å². The number of benzene rings is 1. The number of piperidine rings is 1. The number of likely N-dealkylation sites (tertiary alicyclic amines) is 1. The second-order valence-electron chi connectivity index (χ2n) is 5.93. The number of anilines is 2. The summed E-state index contributed by atoms with van der Waals surface area (Å²) < 4.78 is 0. The van der Waals surface area contributed by atoms with Gasteiger partial charge in [0.25, 0.3) is 0 Å². The fourth-order valence-electron chi connectivity index (χ4n) is 2.81. The van der Waals surface area contributed by atoms with E-state index in [0.717, 1.165) is 32.0 Å². The first-order chi connectivity index (χ1) is 10.0. The summed E-state index contributed by atoms with van der Waals surface area (Å²) in [6, 6.07) is 5.11. The zero-order chi connectivity index (χ0) is 15.2. The molecule has 0 spiro atoms. The molecule has 1 fully saturated rings. The van der Waals surface area contributed by atoms with Gasteiger partial charge in [-0.2, -0.15) is 0 Å². The molecule has 3 N–H and O–H groups in total. The summed E-state index contributed by atoms with van der Waals surface area (Å²) in [6.07, 6.45) is 4.00. The van der Waals surface area contributed by atoms with Crippen molar-refractivity contribution in [1.82, 2.24) is 4.90 Å². The molecular weight excluding hydrogens is 286 g/mol. The number of nitrogen functional groups attached to an aromatic ring is 1. The van der Waals surface area contributed by atoms with Crippen LogP contribution in [0.2, 0.25) is 5.02 Å². The van der Waals surface area contributed by atoms with E-state index in [-0.39, 0.29) is 5.91 Å². The summed E-state index contributed by atoms with van der Waals surface area (Å²) in [4.78, 5) is 14.4. The highest BCUT2D eigenvalue weighted by atomic mass is 35.5. The Morgan fingerprint density at radius 3 is 3.05 bits per heavy atom. The quantitative estimate of drug-likeness (QED) is 0.820. The fourth-order valence-corrected chi connectivity index (χ4v) is 2.99. The number of nitrogens with two attached hydrogens (primary N) is 1. The number of amides is 1. The maximum Gasteiger partial charge on any atom is 0.224 e. The van der Waals surface area contributed by atoms with Gasteiger partial charge in [0.05, 0.1) is 11.4 Å². The predicted octanol–water partition coefficient (Wildman–Crippen LogP) is 3.37. The third kappa shape index (κ3) is 5.21. The first-order valence-corrected chi connectivity index (χ1v) is 7.99. The molecule has 1 saturated heterocycles. The van der Waals surface area contributed by atoms with Crippen molar-refractivity contribution in [3.05, 3.63) is 23.2 Å². The molecule has 0 saturated carbocycles. The molecule has 1 heterocycles. The smallest absolute Gasteiger partial charge is 0.224 e. The zero-order valence-electron chi connectivity index (χ0n) is 12.6. The molecule has 1 aliphatic rings. The van der Waals surface area contributed by atoms with E-state index in [1.807, 2.05) is 0 Å². The van der Waals surface area contributed by atoms with Crippen molar-refractivity contribution in [3.8, 4) is 0 Å². The summed E-state index contributed by atoms with van der Waals surface area (Å²) in [5, 5.41) is 3.42. The van der Waals surface area contributed by atoms with E-state index < -0.39 is 0 Å². The van der Waals surface area contributed by atoms with E-state index in [9.17, 15) is 4.79 Å². The molecule has 21 heavy (non-hydrogen) atoms. The standard InChI is InChI=1S/C16H24ClN3O/c1-12-4-2-8-20(11-12)9-3-5-16(21)19-15-7-6-13(17)10-14(15)18/h6-7,10,12H,2-5,8-9,11,18H2,1H3,(H,19,21). The van der Waals surface area contributed by atoms with Crippen LogP contribution in [0.1, 0.15) is 32.6 Å². The van der Waals surface area contributed by atoms with Gasteiger partial charge in [0, 0.05) is 18.0 Å². The molecule has 1 atom stereocenters. The van der Waals surface area contributed by atoms with Crippen LogP contribution in [-0.2, 0) is 4.79 Å². The molecular formula is C16H24ClN3O. The van der Waals surface area contributed by atoms with Crippen LogP contribution in [0.4, 0.5) is 11.4 Å². The molecule has 1 aliphatic heterocycles. The average Bonchev–Trinajstić information content (AvgIpc) is 2.42. The van der Waals surface area contributed by atoms with Gasteiger partial charge in [-0.05, 0) is 56.5 Å². The summed E-state index contributed by atoms with van der Waals surface area (Å²) >= 11 is 5.84. The summed E-state index contributed by atoms with van der Waals surface area (Å²) in [6.45, 7) is 5.61. The Balaban J connectivity index is 1.72. The number of hydrogen-bond donors (Lipinski definition) is 2. The highest BCUT2D eigenvalue weighted by Gasteiger charge is 2.16. The van der Waals surface area contributed by atoms with Gasteiger partial charge in [0.2, 0.25) is 5.91 Å². The Morgan fingerprint density at radius 1 is 1.52 bits per heavy atom. The number of carbonyl (C=O) groups excluding carboxylic acids is 1. The molecule has 5 heteroatoms. The molecule has 0 aromatic heterocycles. The minimum absolute atomic E-state index is 0.00841. The van der Waals surface area contributed by atoms with Crippen molar-refractivity contribution in [2.45, 2.75) is 32.6 Å². The zero-order valence-corrected chi connectivity index (χ0v) is 13.3. The number of nitrogens with one attached hydrogen (secondary N) is 1. The molecule has 1 amide bonds.